The summed E-state index contributed by atoms with van der Waals surface area (Å²) in [7, 11) is -3.28. The smallest absolute Gasteiger partial charge is 0.255 e. The Morgan fingerprint density at radius 2 is 1.86 bits per heavy atom. The van der Waals surface area contributed by atoms with Crippen LogP contribution in [-0.4, -0.2) is 43.2 Å². The predicted octanol–water partition coefficient (Wildman–Crippen LogP) is 2.42. The van der Waals surface area contributed by atoms with Crippen molar-refractivity contribution in [2.24, 2.45) is 0 Å². The van der Waals surface area contributed by atoms with Crippen LogP contribution in [0.1, 0.15) is 27.9 Å². The van der Waals surface area contributed by atoms with E-state index in [2.05, 4.69) is 5.32 Å². The molecule has 6 nitrogen and oxygen atoms in total. The summed E-state index contributed by atoms with van der Waals surface area (Å²) in [5.41, 5.74) is 2.12. The number of benzene rings is 2. The number of halogens is 1. The zero-order valence-corrected chi connectivity index (χ0v) is 17.0. The quantitative estimate of drug-likeness (QED) is 0.745. The van der Waals surface area contributed by atoms with Gasteiger partial charge in [0.05, 0.1) is 5.75 Å². The third-order valence-electron chi connectivity index (χ3n) is 4.70. The first-order chi connectivity index (χ1) is 13.3. The summed E-state index contributed by atoms with van der Waals surface area (Å²) in [5.74, 6) is -0.844. The van der Waals surface area contributed by atoms with Crippen LogP contribution in [0.4, 0.5) is 0 Å². The van der Waals surface area contributed by atoms with Crippen LogP contribution in [0.25, 0.3) is 0 Å². The van der Waals surface area contributed by atoms with Crippen molar-refractivity contribution in [3.05, 3.63) is 70.2 Å². The standard InChI is InChI=1S/C20H21ClN2O4S/c1-28(26,27)11-10-18(19(24)22-12-14-6-3-5-9-17(14)21)23-13-15-7-2-4-8-16(15)20(23)25/h2-9,18H,10-13H2,1H3,(H,22,24). The Labute approximate surface area is 169 Å². The number of carbonyl (C=O) groups is 2. The molecule has 0 aromatic heterocycles. The van der Waals surface area contributed by atoms with E-state index >= 15 is 0 Å². The minimum absolute atomic E-state index is 0.0346. The van der Waals surface area contributed by atoms with Crippen molar-refractivity contribution in [2.75, 3.05) is 12.0 Å². The lowest BCUT2D eigenvalue weighted by Crippen LogP contribution is -2.47. The maximum absolute atomic E-state index is 12.9. The number of nitrogens with one attached hydrogen (secondary N) is 1. The van der Waals surface area contributed by atoms with Crippen LogP contribution in [0.15, 0.2) is 48.5 Å². The lowest BCUT2D eigenvalue weighted by Gasteiger charge is -2.27. The highest BCUT2D eigenvalue weighted by Gasteiger charge is 2.36. The third kappa shape index (κ3) is 4.72. The minimum Gasteiger partial charge on any atom is -0.350 e. The van der Waals surface area contributed by atoms with E-state index in [4.69, 9.17) is 11.6 Å². The number of rotatable bonds is 7. The van der Waals surface area contributed by atoms with E-state index in [1.807, 2.05) is 18.2 Å². The Balaban J connectivity index is 1.78. The fourth-order valence-corrected chi connectivity index (χ4v) is 4.08. The van der Waals surface area contributed by atoms with E-state index in [9.17, 15) is 18.0 Å². The second-order valence-electron chi connectivity index (χ2n) is 6.83. The van der Waals surface area contributed by atoms with Crippen molar-refractivity contribution in [2.45, 2.75) is 25.6 Å². The molecular formula is C20H21ClN2O4S. The van der Waals surface area contributed by atoms with E-state index < -0.39 is 21.8 Å². The molecule has 1 aliphatic rings. The van der Waals surface area contributed by atoms with Gasteiger partial charge in [-0.05, 0) is 29.7 Å². The molecule has 0 aliphatic carbocycles. The Morgan fingerprint density at radius 3 is 2.54 bits per heavy atom. The van der Waals surface area contributed by atoms with E-state index in [-0.39, 0.29) is 31.2 Å². The van der Waals surface area contributed by atoms with Crippen molar-refractivity contribution in [3.63, 3.8) is 0 Å². The average Bonchev–Trinajstić information content (AvgIpc) is 2.97. The van der Waals surface area contributed by atoms with E-state index in [1.54, 1.807) is 30.3 Å². The van der Waals surface area contributed by atoms with Crippen molar-refractivity contribution in [1.82, 2.24) is 10.2 Å². The highest BCUT2D eigenvalue weighted by Crippen LogP contribution is 2.26. The fraction of sp³-hybridized carbons (Fsp3) is 0.300. The molecule has 0 saturated carbocycles. The molecule has 0 radical (unpaired) electrons. The van der Waals surface area contributed by atoms with E-state index in [0.717, 1.165) is 17.4 Å². The summed E-state index contributed by atoms with van der Waals surface area (Å²) in [5, 5.41) is 3.32. The van der Waals surface area contributed by atoms with E-state index in [0.29, 0.717) is 10.6 Å². The van der Waals surface area contributed by atoms with Crippen LogP contribution in [-0.2, 0) is 27.7 Å². The number of carbonyl (C=O) groups excluding carboxylic acids is 2. The lowest BCUT2D eigenvalue weighted by molar-refractivity contribution is -0.126. The van der Waals surface area contributed by atoms with Crippen molar-refractivity contribution < 1.29 is 18.0 Å². The highest BCUT2D eigenvalue weighted by molar-refractivity contribution is 7.90. The molecule has 8 heteroatoms. The van der Waals surface area contributed by atoms with Crippen LogP contribution in [0.5, 0.6) is 0 Å². The van der Waals surface area contributed by atoms with Gasteiger partial charge in [-0.15, -0.1) is 0 Å². The molecule has 1 heterocycles. The predicted molar refractivity (Wildman–Crippen MR) is 108 cm³/mol. The van der Waals surface area contributed by atoms with Gasteiger partial charge in [-0.3, -0.25) is 9.59 Å². The average molecular weight is 421 g/mol. The SMILES string of the molecule is CS(=O)(=O)CCC(C(=O)NCc1ccccc1Cl)N1Cc2ccccc2C1=O. The molecule has 3 rings (SSSR count). The van der Waals surface area contributed by atoms with Crippen LogP contribution in [0.2, 0.25) is 5.02 Å². The van der Waals surface area contributed by atoms with Gasteiger partial charge in [0.15, 0.2) is 0 Å². The second-order valence-corrected chi connectivity index (χ2v) is 9.50. The number of sulfone groups is 1. The zero-order chi connectivity index (χ0) is 20.3. The molecular weight excluding hydrogens is 400 g/mol. The molecule has 28 heavy (non-hydrogen) atoms. The maximum atomic E-state index is 12.9. The Bertz CT molecular complexity index is 1010. The van der Waals surface area contributed by atoms with Gasteiger partial charge in [0.2, 0.25) is 5.91 Å². The first-order valence-electron chi connectivity index (χ1n) is 8.84. The lowest BCUT2D eigenvalue weighted by atomic mass is 10.1. The molecule has 0 saturated heterocycles. The number of fused-ring (bicyclic) bond motifs is 1. The molecule has 2 aromatic carbocycles. The van der Waals surface area contributed by atoms with E-state index in [1.165, 1.54) is 4.90 Å². The van der Waals surface area contributed by atoms with Crippen molar-refractivity contribution in [1.29, 1.82) is 0 Å². The van der Waals surface area contributed by atoms with Gasteiger partial charge in [0.1, 0.15) is 15.9 Å². The summed E-state index contributed by atoms with van der Waals surface area (Å²) in [6.45, 7) is 0.478. The number of hydrogen-bond acceptors (Lipinski definition) is 4. The second kappa shape index (κ2) is 8.32. The highest BCUT2D eigenvalue weighted by atomic mass is 35.5. The maximum Gasteiger partial charge on any atom is 0.255 e. The third-order valence-corrected chi connectivity index (χ3v) is 6.05. The molecule has 1 aliphatic heterocycles. The summed E-state index contributed by atoms with van der Waals surface area (Å²) in [6.07, 6.45) is 1.15. The summed E-state index contributed by atoms with van der Waals surface area (Å²) in [4.78, 5) is 27.1. The largest absolute Gasteiger partial charge is 0.350 e. The normalized spacial score (nSPS) is 14.6. The summed E-state index contributed by atoms with van der Waals surface area (Å²) in [6, 6.07) is 13.4. The monoisotopic (exact) mass is 420 g/mol. The van der Waals surface area contributed by atoms with Gasteiger partial charge in [0, 0.05) is 29.9 Å². The minimum atomic E-state index is -3.28. The van der Waals surface area contributed by atoms with Crippen molar-refractivity contribution >= 4 is 33.3 Å². The molecule has 1 atom stereocenters. The van der Waals surface area contributed by atoms with Crippen LogP contribution >= 0.6 is 11.6 Å². The zero-order valence-electron chi connectivity index (χ0n) is 15.4. The van der Waals surface area contributed by atoms with Crippen LogP contribution in [0.3, 0.4) is 0 Å². The molecule has 1 N–H and O–H groups in total. The molecule has 0 spiro atoms. The van der Waals surface area contributed by atoms with Gasteiger partial charge in [-0.1, -0.05) is 48.0 Å². The molecule has 0 bridgehead atoms. The van der Waals surface area contributed by atoms with Crippen LogP contribution in [0, 0.1) is 0 Å². The molecule has 1 unspecified atom stereocenters. The van der Waals surface area contributed by atoms with Gasteiger partial charge < -0.3 is 10.2 Å². The Kier molecular flexibility index (Phi) is 6.05. The molecule has 2 aromatic rings. The molecule has 148 valence electrons. The molecule has 2 amide bonds. The number of amides is 2. The summed E-state index contributed by atoms with van der Waals surface area (Å²) < 4.78 is 23.3. The van der Waals surface area contributed by atoms with Gasteiger partial charge in [-0.25, -0.2) is 8.42 Å². The molecule has 0 fully saturated rings. The first-order valence-corrected chi connectivity index (χ1v) is 11.3. The Hall–Kier alpha value is -2.38. The number of nitrogens with zero attached hydrogens (tertiary/aromatic N) is 1. The van der Waals surface area contributed by atoms with Crippen LogP contribution < -0.4 is 5.32 Å². The fourth-order valence-electron chi connectivity index (χ4n) is 3.22. The summed E-state index contributed by atoms with van der Waals surface area (Å²) >= 11 is 6.12. The van der Waals surface area contributed by atoms with Crippen molar-refractivity contribution in [3.8, 4) is 0 Å². The van der Waals surface area contributed by atoms with Gasteiger partial charge >= 0.3 is 0 Å². The first kappa shape index (κ1) is 20.4. The number of hydrogen-bond donors (Lipinski definition) is 1. The topological polar surface area (TPSA) is 83.6 Å². The van der Waals surface area contributed by atoms with Gasteiger partial charge in [0.25, 0.3) is 5.91 Å². The Morgan fingerprint density at radius 1 is 1.18 bits per heavy atom. The van der Waals surface area contributed by atoms with Gasteiger partial charge in [-0.2, -0.15) is 0 Å².